The number of rotatable bonds is 7. The van der Waals surface area contributed by atoms with Crippen molar-refractivity contribution in [1.82, 2.24) is 15.5 Å². The number of carbonyl (C=O) groups is 1. The molecule has 1 atom stereocenters. The first kappa shape index (κ1) is 15.4. The number of aromatic nitrogens is 2. The van der Waals surface area contributed by atoms with Crippen LogP contribution in [-0.4, -0.2) is 38.6 Å². The van der Waals surface area contributed by atoms with Crippen LogP contribution in [0.25, 0.3) is 0 Å². The molecule has 18 heavy (non-hydrogen) atoms. The van der Waals surface area contributed by atoms with Gasteiger partial charge in [0, 0.05) is 11.8 Å². The minimum atomic E-state index is -0.888. The zero-order valence-corrected chi connectivity index (χ0v) is 12.7. The molecule has 7 heteroatoms. The molecule has 2 N–H and O–H groups in total. The summed E-state index contributed by atoms with van der Waals surface area (Å²) >= 11 is 3.09. The Hall–Kier alpha value is -0.660. The van der Waals surface area contributed by atoms with E-state index >= 15 is 0 Å². The number of thioether (sulfide) groups is 1. The molecule has 0 fully saturated rings. The molecule has 0 saturated heterocycles. The number of aliphatic carboxylic acids is 1. The first-order valence-electron chi connectivity index (χ1n) is 5.77. The Morgan fingerprint density at radius 3 is 2.67 bits per heavy atom. The predicted molar refractivity (Wildman–Crippen MR) is 74.3 cm³/mol. The molecule has 0 radical (unpaired) electrons. The number of carboxylic acid groups (broad SMARTS) is 1. The smallest absolute Gasteiger partial charge is 0.323 e. The molecule has 1 unspecified atom stereocenters. The standard InChI is InChI=1S/C11H19N3O2S2/c1-7(2)12-11(4,9(15)16)5-6-17-10-14-13-8(3)18-10/h7,12H,5-6H2,1-4H3,(H,15,16). The van der Waals surface area contributed by atoms with Gasteiger partial charge in [0.15, 0.2) is 4.34 Å². The van der Waals surface area contributed by atoms with Crippen LogP contribution in [0.5, 0.6) is 0 Å². The highest BCUT2D eigenvalue weighted by Gasteiger charge is 2.32. The molecule has 0 aliphatic heterocycles. The molecule has 0 bridgehead atoms. The van der Waals surface area contributed by atoms with Gasteiger partial charge in [0.25, 0.3) is 0 Å². The largest absolute Gasteiger partial charge is 0.480 e. The Morgan fingerprint density at radius 1 is 1.56 bits per heavy atom. The minimum Gasteiger partial charge on any atom is -0.480 e. The van der Waals surface area contributed by atoms with Gasteiger partial charge in [-0.1, -0.05) is 23.1 Å². The highest BCUT2D eigenvalue weighted by Crippen LogP contribution is 2.25. The van der Waals surface area contributed by atoms with Crippen LogP contribution in [0.4, 0.5) is 0 Å². The lowest BCUT2D eigenvalue weighted by Gasteiger charge is -2.28. The van der Waals surface area contributed by atoms with Crippen molar-refractivity contribution in [3.8, 4) is 0 Å². The van der Waals surface area contributed by atoms with E-state index in [0.29, 0.717) is 12.2 Å². The van der Waals surface area contributed by atoms with E-state index in [4.69, 9.17) is 0 Å². The predicted octanol–water partition coefficient (Wildman–Crippen LogP) is 2.17. The minimum absolute atomic E-state index is 0.139. The van der Waals surface area contributed by atoms with Crippen LogP contribution in [0, 0.1) is 6.92 Å². The Balaban J connectivity index is 2.50. The third-order valence-corrected chi connectivity index (χ3v) is 4.39. The van der Waals surface area contributed by atoms with E-state index in [9.17, 15) is 9.90 Å². The van der Waals surface area contributed by atoms with Crippen molar-refractivity contribution in [2.24, 2.45) is 0 Å². The molecule has 0 aliphatic carbocycles. The molecular weight excluding hydrogens is 270 g/mol. The Kier molecular flexibility index (Phi) is 5.55. The van der Waals surface area contributed by atoms with Gasteiger partial charge in [0.2, 0.25) is 0 Å². The van der Waals surface area contributed by atoms with Gasteiger partial charge in [0.05, 0.1) is 0 Å². The highest BCUT2D eigenvalue weighted by molar-refractivity contribution is 8.01. The van der Waals surface area contributed by atoms with Crippen molar-refractivity contribution in [2.75, 3.05) is 5.75 Å². The Bertz CT molecular complexity index is 409. The van der Waals surface area contributed by atoms with Gasteiger partial charge in [-0.15, -0.1) is 10.2 Å². The van der Waals surface area contributed by atoms with Crippen molar-refractivity contribution < 1.29 is 9.90 Å². The van der Waals surface area contributed by atoms with E-state index in [0.717, 1.165) is 9.35 Å². The summed E-state index contributed by atoms with van der Waals surface area (Å²) in [4.78, 5) is 11.3. The van der Waals surface area contributed by atoms with Crippen LogP contribution in [0.1, 0.15) is 32.2 Å². The molecule has 5 nitrogen and oxygen atoms in total. The average Bonchev–Trinajstić information content (AvgIpc) is 2.63. The molecule has 0 spiro atoms. The number of hydrogen-bond donors (Lipinski definition) is 2. The van der Waals surface area contributed by atoms with E-state index in [1.54, 1.807) is 18.7 Å². The second kappa shape index (κ2) is 6.49. The fourth-order valence-electron chi connectivity index (χ4n) is 1.56. The fourth-order valence-corrected chi connectivity index (χ4v) is 3.60. The van der Waals surface area contributed by atoms with Gasteiger partial charge in [-0.3, -0.25) is 10.1 Å². The number of aryl methyl sites for hydroxylation is 1. The first-order chi connectivity index (χ1) is 8.33. The summed E-state index contributed by atoms with van der Waals surface area (Å²) in [6.07, 6.45) is 0.545. The van der Waals surface area contributed by atoms with Gasteiger partial charge < -0.3 is 5.11 Å². The maximum Gasteiger partial charge on any atom is 0.323 e. The SMILES string of the molecule is Cc1nnc(SCCC(C)(NC(C)C)C(=O)O)s1. The van der Waals surface area contributed by atoms with Gasteiger partial charge in [-0.05, 0) is 34.1 Å². The lowest BCUT2D eigenvalue weighted by atomic mass is 9.98. The van der Waals surface area contributed by atoms with Gasteiger partial charge in [0.1, 0.15) is 10.5 Å². The summed E-state index contributed by atoms with van der Waals surface area (Å²) in [5.74, 6) is -0.109. The third-order valence-electron chi connectivity index (χ3n) is 2.41. The van der Waals surface area contributed by atoms with Crippen LogP contribution in [0.3, 0.4) is 0 Å². The number of hydrogen-bond acceptors (Lipinski definition) is 6. The molecule has 0 aromatic carbocycles. The van der Waals surface area contributed by atoms with E-state index < -0.39 is 11.5 Å². The summed E-state index contributed by atoms with van der Waals surface area (Å²) in [6, 6.07) is 0.139. The normalized spacial score (nSPS) is 14.7. The Morgan fingerprint density at radius 2 is 2.22 bits per heavy atom. The molecule has 1 aromatic heterocycles. The van der Waals surface area contributed by atoms with Gasteiger partial charge >= 0.3 is 5.97 Å². The fraction of sp³-hybridized carbons (Fsp3) is 0.727. The molecule has 102 valence electrons. The summed E-state index contributed by atoms with van der Waals surface area (Å²) in [6.45, 7) is 7.52. The lowest BCUT2D eigenvalue weighted by Crippen LogP contribution is -2.52. The molecule has 1 heterocycles. The van der Waals surface area contributed by atoms with Crippen molar-refractivity contribution in [1.29, 1.82) is 0 Å². The zero-order valence-electron chi connectivity index (χ0n) is 11.1. The summed E-state index contributed by atoms with van der Waals surface area (Å²) < 4.78 is 0.893. The third kappa shape index (κ3) is 4.55. The monoisotopic (exact) mass is 289 g/mol. The molecule has 1 aromatic rings. The first-order valence-corrected chi connectivity index (χ1v) is 7.58. The number of nitrogens with one attached hydrogen (secondary N) is 1. The quantitative estimate of drug-likeness (QED) is 0.749. The molecule has 0 aliphatic rings. The maximum atomic E-state index is 11.3. The van der Waals surface area contributed by atoms with Crippen molar-refractivity contribution in [3.05, 3.63) is 5.01 Å². The van der Waals surface area contributed by atoms with E-state index in [1.165, 1.54) is 11.3 Å². The van der Waals surface area contributed by atoms with Crippen LogP contribution in [0.15, 0.2) is 4.34 Å². The van der Waals surface area contributed by atoms with Crippen LogP contribution >= 0.6 is 23.1 Å². The van der Waals surface area contributed by atoms with Crippen molar-refractivity contribution in [2.45, 2.75) is 50.0 Å². The van der Waals surface area contributed by atoms with E-state index in [1.807, 2.05) is 20.8 Å². The highest BCUT2D eigenvalue weighted by atomic mass is 32.2. The summed E-state index contributed by atoms with van der Waals surface area (Å²) in [7, 11) is 0. The zero-order chi connectivity index (χ0) is 13.8. The molecular formula is C11H19N3O2S2. The van der Waals surface area contributed by atoms with Crippen molar-refractivity contribution in [3.63, 3.8) is 0 Å². The second-order valence-corrected chi connectivity index (χ2v) is 7.15. The number of nitrogens with zero attached hydrogens (tertiary/aromatic N) is 2. The van der Waals surface area contributed by atoms with Crippen LogP contribution < -0.4 is 5.32 Å². The van der Waals surface area contributed by atoms with Crippen molar-refractivity contribution >= 4 is 29.1 Å². The topological polar surface area (TPSA) is 75.1 Å². The summed E-state index contributed by atoms with van der Waals surface area (Å²) in [5.41, 5.74) is -0.888. The lowest BCUT2D eigenvalue weighted by molar-refractivity contribution is -0.144. The molecule has 1 rings (SSSR count). The molecule has 0 amide bonds. The van der Waals surface area contributed by atoms with E-state index in [2.05, 4.69) is 15.5 Å². The van der Waals surface area contributed by atoms with Crippen LogP contribution in [-0.2, 0) is 4.79 Å². The van der Waals surface area contributed by atoms with Gasteiger partial charge in [-0.2, -0.15) is 0 Å². The Labute approximate surface area is 115 Å². The van der Waals surface area contributed by atoms with Gasteiger partial charge in [-0.25, -0.2) is 0 Å². The second-order valence-electron chi connectivity index (χ2n) is 4.62. The average molecular weight is 289 g/mol. The van der Waals surface area contributed by atoms with E-state index in [-0.39, 0.29) is 6.04 Å². The maximum absolute atomic E-state index is 11.3. The van der Waals surface area contributed by atoms with Crippen LogP contribution in [0.2, 0.25) is 0 Å². The summed E-state index contributed by atoms with van der Waals surface area (Å²) in [5, 5.41) is 21.3. The molecule has 0 saturated carbocycles. The number of carboxylic acids is 1.